The summed E-state index contributed by atoms with van der Waals surface area (Å²) < 4.78 is 50.0. The molecular formula is C27H32Cl2F3N3O5. The Bertz CT molecular complexity index is 1230. The van der Waals surface area contributed by atoms with E-state index in [2.05, 4.69) is 5.10 Å². The highest BCUT2D eigenvalue weighted by molar-refractivity contribution is 6.40. The molecule has 1 unspecified atom stereocenters. The molecule has 2 fully saturated rings. The second-order valence-electron chi connectivity index (χ2n) is 11.2. The monoisotopic (exact) mass is 605 g/mol. The van der Waals surface area contributed by atoms with Crippen LogP contribution in [0.15, 0.2) is 24.4 Å². The number of halogens is 5. The summed E-state index contributed by atoms with van der Waals surface area (Å²) in [4.78, 5) is 28.1. The summed E-state index contributed by atoms with van der Waals surface area (Å²) in [5, 5.41) is 23.5. The average molecular weight is 606 g/mol. The molecule has 2 N–H and O–H groups in total. The molecule has 13 heteroatoms. The minimum Gasteiger partial charge on any atom is -0.373 e. The number of aromatic nitrogens is 2. The van der Waals surface area contributed by atoms with Crippen LogP contribution in [0.1, 0.15) is 84.8 Å². The van der Waals surface area contributed by atoms with Gasteiger partial charge in [-0.25, -0.2) is 0 Å². The van der Waals surface area contributed by atoms with E-state index in [4.69, 9.17) is 27.9 Å². The molecule has 1 aliphatic carbocycles. The van der Waals surface area contributed by atoms with Gasteiger partial charge < -0.3 is 19.8 Å². The van der Waals surface area contributed by atoms with Crippen molar-refractivity contribution in [3.05, 3.63) is 51.3 Å². The topological polar surface area (TPSA) is 105 Å². The molecule has 2 aliphatic rings. The Kier molecular flexibility index (Phi) is 8.92. The number of Topliss-reactive ketones (excluding diaryl/α,β-unsaturated/α-hetero) is 1. The molecule has 8 nitrogen and oxygen atoms in total. The van der Waals surface area contributed by atoms with Crippen LogP contribution >= 0.6 is 23.2 Å². The number of ether oxygens (including phenoxy) is 1. The smallest absolute Gasteiger partial charge is 0.373 e. The molecule has 4 rings (SSSR count). The van der Waals surface area contributed by atoms with Crippen molar-refractivity contribution in [2.75, 3.05) is 19.7 Å². The van der Waals surface area contributed by atoms with Gasteiger partial charge in [-0.1, -0.05) is 36.2 Å². The van der Waals surface area contributed by atoms with Gasteiger partial charge in [0.25, 0.3) is 5.91 Å². The SMILES string of the molecule is CC1(CN(CC(=O)c2c(Cl)cccc2Cl)C(=O)c2cnn(C3CCC(C)(C(O)O)CC3)c2C(F)(F)F)CCCO1. The maximum absolute atomic E-state index is 14.5. The first-order valence-electron chi connectivity index (χ1n) is 13.1. The molecule has 220 valence electrons. The van der Waals surface area contributed by atoms with Gasteiger partial charge >= 0.3 is 6.18 Å². The van der Waals surface area contributed by atoms with E-state index in [0.29, 0.717) is 19.4 Å². The Morgan fingerprint density at radius 2 is 1.80 bits per heavy atom. The number of amides is 1. The first-order chi connectivity index (χ1) is 18.7. The fourth-order valence-corrected chi connectivity index (χ4v) is 6.20. The number of carbonyl (C=O) groups is 2. The second-order valence-corrected chi connectivity index (χ2v) is 12.0. The average Bonchev–Trinajstić information content (AvgIpc) is 3.50. The number of hydrogen-bond acceptors (Lipinski definition) is 6. The summed E-state index contributed by atoms with van der Waals surface area (Å²) in [6.45, 7) is 3.15. The molecule has 1 atom stereocenters. The third-order valence-corrected chi connectivity index (χ3v) is 8.68. The van der Waals surface area contributed by atoms with E-state index in [9.17, 15) is 33.0 Å². The van der Waals surface area contributed by atoms with Gasteiger partial charge in [0.15, 0.2) is 17.8 Å². The van der Waals surface area contributed by atoms with E-state index in [1.54, 1.807) is 19.9 Å². The van der Waals surface area contributed by atoms with Gasteiger partial charge in [-0.05, 0) is 57.6 Å². The van der Waals surface area contributed by atoms with Crippen molar-refractivity contribution < 1.29 is 37.7 Å². The molecular weight excluding hydrogens is 574 g/mol. The molecule has 2 aromatic rings. The Morgan fingerprint density at radius 3 is 2.33 bits per heavy atom. The highest BCUT2D eigenvalue weighted by Gasteiger charge is 2.45. The van der Waals surface area contributed by atoms with Crippen molar-refractivity contribution in [1.82, 2.24) is 14.7 Å². The van der Waals surface area contributed by atoms with Crippen LogP contribution in [0.4, 0.5) is 13.2 Å². The molecule has 1 saturated carbocycles. The predicted molar refractivity (Wildman–Crippen MR) is 141 cm³/mol. The van der Waals surface area contributed by atoms with Gasteiger partial charge in [0.2, 0.25) is 0 Å². The van der Waals surface area contributed by atoms with Gasteiger partial charge in [-0.3, -0.25) is 14.3 Å². The van der Waals surface area contributed by atoms with Crippen LogP contribution in [0, 0.1) is 5.41 Å². The number of benzene rings is 1. The van der Waals surface area contributed by atoms with E-state index in [1.807, 2.05) is 0 Å². The van der Waals surface area contributed by atoms with E-state index in [1.165, 1.54) is 12.1 Å². The number of ketones is 1. The Morgan fingerprint density at radius 1 is 1.18 bits per heavy atom. The van der Waals surface area contributed by atoms with Crippen molar-refractivity contribution in [3.63, 3.8) is 0 Å². The van der Waals surface area contributed by atoms with Gasteiger partial charge in [0, 0.05) is 12.0 Å². The van der Waals surface area contributed by atoms with Crippen LogP contribution in [-0.4, -0.2) is 68.2 Å². The molecule has 0 radical (unpaired) electrons. The van der Waals surface area contributed by atoms with E-state index >= 15 is 0 Å². The largest absolute Gasteiger partial charge is 0.433 e. The minimum atomic E-state index is -4.92. The van der Waals surface area contributed by atoms with Crippen LogP contribution in [-0.2, 0) is 10.9 Å². The number of nitrogens with zero attached hydrogens (tertiary/aromatic N) is 3. The lowest BCUT2D eigenvalue weighted by Crippen LogP contribution is -2.46. The van der Waals surface area contributed by atoms with Crippen LogP contribution in [0.2, 0.25) is 10.0 Å². The highest BCUT2D eigenvalue weighted by atomic mass is 35.5. The van der Waals surface area contributed by atoms with Crippen LogP contribution in [0.5, 0.6) is 0 Å². The summed E-state index contributed by atoms with van der Waals surface area (Å²) in [6.07, 6.45) is -3.40. The first kappa shape index (κ1) is 30.8. The lowest BCUT2D eigenvalue weighted by atomic mass is 9.73. The Hall–Kier alpha value is -2.18. The molecule has 1 saturated heterocycles. The standard InChI is InChI=1S/C27H32Cl2F3N3O5/c1-25(24(38)39)10-7-16(8-11-25)35-22(27(30,31)32)17(13-33-35)23(37)34(15-26(2)9-4-12-40-26)14-20(36)21-18(28)5-3-6-19(21)29/h3,5-6,13,16,24,38-39H,4,7-12,14-15H2,1-2H3. The zero-order chi connectivity index (χ0) is 29.5. The van der Waals surface area contributed by atoms with Crippen LogP contribution < -0.4 is 0 Å². The number of aliphatic hydroxyl groups excluding tert-OH is 1. The summed E-state index contributed by atoms with van der Waals surface area (Å²) in [5.41, 5.74) is -3.60. The number of hydrogen-bond donors (Lipinski definition) is 2. The summed E-state index contributed by atoms with van der Waals surface area (Å²) in [5.74, 6) is -1.64. The number of alkyl halides is 3. The van der Waals surface area contributed by atoms with Crippen molar-refractivity contribution in [2.45, 2.75) is 76.5 Å². The van der Waals surface area contributed by atoms with Gasteiger partial charge in [0.1, 0.15) is 0 Å². The lowest BCUT2D eigenvalue weighted by molar-refractivity contribution is -0.152. The zero-order valence-corrected chi connectivity index (χ0v) is 23.7. The first-order valence-corrected chi connectivity index (χ1v) is 13.8. The fourth-order valence-electron chi connectivity index (χ4n) is 5.59. The Labute approximate surface area is 240 Å². The normalized spacial score (nSPS) is 25.4. The molecule has 0 spiro atoms. The van der Waals surface area contributed by atoms with E-state index in [-0.39, 0.29) is 47.8 Å². The van der Waals surface area contributed by atoms with Crippen LogP contribution in [0.3, 0.4) is 0 Å². The van der Waals surface area contributed by atoms with E-state index < -0.39 is 59.0 Å². The Balaban J connectivity index is 1.68. The molecule has 1 aliphatic heterocycles. The number of rotatable bonds is 8. The molecule has 0 bridgehead atoms. The second kappa shape index (κ2) is 11.6. The fraction of sp³-hybridized carbons (Fsp3) is 0.593. The molecule has 2 heterocycles. The highest BCUT2D eigenvalue weighted by Crippen LogP contribution is 2.44. The van der Waals surface area contributed by atoms with Gasteiger partial charge in [-0.15, -0.1) is 0 Å². The third-order valence-electron chi connectivity index (χ3n) is 8.05. The van der Waals surface area contributed by atoms with Crippen LogP contribution in [0.25, 0.3) is 0 Å². The minimum absolute atomic E-state index is 0.0239. The predicted octanol–water partition coefficient (Wildman–Crippen LogP) is 5.54. The quantitative estimate of drug-likeness (QED) is 0.302. The summed E-state index contributed by atoms with van der Waals surface area (Å²) in [6, 6.07) is 3.78. The molecule has 40 heavy (non-hydrogen) atoms. The molecule has 1 aromatic heterocycles. The zero-order valence-electron chi connectivity index (χ0n) is 22.2. The van der Waals surface area contributed by atoms with Crippen molar-refractivity contribution >= 4 is 34.9 Å². The lowest BCUT2D eigenvalue weighted by Gasteiger charge is -2.39. The maximum Gasteiger partial charge on any atom is 0.433 e. The van der Waals surface area contributed by atoms with Gasteiger partial charge in [-0.2, -0.15) is 18.3 Å². The third kappa shape index (κ3) is 6.33. The maximum atomic E-state index is 14.5. The van der Waals surface area contributed by atoms with Crippen molar-refractivity contribution in [1.29, 1.82) is 0 Å². The van der Waals surface area contributed by atoms with Crippen molar-refractivity contribution in [2.24, 2.45) is 5.41 Å². The van der Waals surface area contributed by atoms with Crippen molar-refractivity contribution in [3.8, 4) is 0 Å². The van der Waals surface area contributed by atoms with E-state index in [0.717, 1.165) is 15.8 Å². The summed E-state index contributed by atoms with van der Waals surface area (Å²) in [7, 11) is 0. The van der Waals surface area contributed by atoms with Gasteiger partial charge in [0.05, 0.1) is 52.1 Å². The number of carbonyl (C=O) groups excluding carboxylic acids is 2. The summed E-state index contributed by atoms with van der Waals surface area (Å²) >= 11 is 12.4. The molecule has 1 aromatic carbocycles. The molecule has 1 amide bonds. The number of aliphatic hydroxyl groups is 2.